The zero-order valence-corrected chi connectivity index (χ0v) is 19.9. The summed E-state index contributed by atoms with van der Waals surface area (Å²) < 4.78 is 7.48. The molecule has 0 spiro atoms. The summed E-state index contributed by atoms with van der Waals surface area (Å²) in [6.07, 6.45) is 6.47. The third-order valence-electron chi connectivity index (χ3n) is 4.59. The molecular formula is C23H30IN5O. The summed E-state index contributed by atoms with van der Waals surface area (Å²) in [6.45, 7) is 5.15. The second kappa shape index (κ2) is 12.9. The van der Waals surface area contributed by atoms with Gasteiger partial charge in [-0.15, -0.1) is 24.0 Å². The quantitative estimate of drug-likeness (QED) is 0.256. The molecule has 0 aliphatic carbocycles. The lowest BCUT2D eigenvalue weighted by atomic mass is 10.1. The van der Waals surface area contributed by atoms with Crippen LogP contribution in [0.1, 0.15) is 23.6 Å². The van der Waals surface area contributed by atoms with Crippen LogP contribution >= 0.6 is 24.0 Å². The van der Waals surface area contributed by atoms with Crippen molar-refractivity contribution in [1.82, 2.24) is 20.2 Å². The first-order valence-electron chi connectivity index (χ1n) is 9.96. The Labute approximate surface area is 195 Å². The minimum Gasteiger partial charge on any atom is -0.496 e. The highest BCUT2D eigenvalue weighted by Gasteiger charge is 2.03. The Balaban J connectivity index is 0.00000320. The molecule has 1 heterocycles. The number of benzene rings is 2. The molecule has 0 atom stereocenters. The average Bonchev–Trinajstić information content (AvgIpc) is 3.26. The van der Waals surface area contributed by atoms with Gasteiger partial charge in [0, 0.05) is 32.0 Å². The molecule has 0 aliphatic rings. The molecule has 7 heteroatoms. The van der Waals surface area contributed by atoms with Gasteiger partial charge >= 0.3 is 0 Å². The van der Waals surface area contributed by atoms with Crippen LogP contribution in [0.15, 0.2) is 72.2 Å². The number of nitrogens with one attached hydrogen (secondary N) is 2. The zero-order valence-electron chi connectivity index (χ0n) is 17.5. The van der Waals surface area contributed by atoms with Crippen molar-refractivity contribution in [2.45, 2.75) is 26.4 Å². The Morgan fingerprint density at radius 3 is 2.53 bits per heavy atom. The molecule has 0 saturated carbocycles. The fourth-order valence-corrected chi connectivity index (χ4v) is 3.08. The lowest BCUT2D eigenvalue weighted by Gasteiger charge is -2.13. The van der Waals surface area contributed by atoms with Crippen molar-refractivity contribution in [2.24, 2.45) is 4.99 Å². The van der Waals surface area contributed by atoms with Crippen molar-refractivity contribution in [1.29, 1.82) is 0 Å². The number of methoxy groups -OCH3 is 1. The third kappa shape index (κ3) is 7.37. The first-order valence-corrected chi connectivity index (χ1v) is 9.96. The molecule has 2 N–H and O–H groups in total. The SMILES string of the molecule is CCNC(=NCc1ccc(Cn2ccnc2)cc1)NCCc1ccccc1OC.I. The number of halogens is 1. The van der Waals surface area contributed by atoms with Gasteiger partial charge in [-0.1, -0.05) is 42.5 Å². The number of nitrogens with zero attached hydrogens (tertiary/aromatic N) is 3. The van der Waals surface area contributed by atoms with Crippen molar-refractivity contribution in [3.05, 3.63) is 83.9 Å². The van der Waals surface area contributed by atoms with E-state index in [2.05, 4.69) is 57.4 Å². The standard InChI is InChI=1S/C23H29N5O.HI/c1-3-25-23(26-13-12-21-6-4-5-7-22(21)29-2)27-16-19-8-10-20(11-9-19)17-28-15-14-24-18-28;/h4-11,14-15,18H,3,12-13,16-17H2,1-2H3,(H2,25,26,27);1H. The molecule has 30 heavy (non-hydrogen) atoms. The van der Waals surface area contributed by atoms with Gasteiger partial charge in [-0.2, -0.15) is 0 Å². The number of hydrogen-bond donors (Lipinski definition) is 2. The van der Waals surface area contributed by atoms with Gasteiger partial charge in [0.1, 0.15) is 5.75 Å². The number of imidazole rings is 1. The maximum atomic E-state index is 5.42. The van der Waals surface area contributed by atoms with E-state index in [1.165, 1.54) is 16.7 Å². The second-order valence-corrected chi connectivity index (χ2v) is 6.74. The minimum atomic E-state index is 0. The Hall–Kier alpha value is -2.55. The van der Waals surface area contributed by atoms with Gasteiger partial charge in [-0.05, 0) is 36.1 Å². The lowest BCUT2D eigenvalue weighted by Crippen LogP contribution is -2.38. The van der Waals surface area contributed by atoms with E-state index < -0.39 is 0 Å². The van der Waals surface area contributed by atoms with Crippen molar-refractivity contribution in [2.75, 3.05) is 20.2 Å². The number of ether oxygens (including phenoxy) is 1. The van der Waals surface area contributed by atoms with E-state index in [1.54, 1.807) is 13.3 Å². The number of para-hydroxylation sites is 1. The molecule has 2 aromatic carbocycles. The first kappa shape index (κ1) is 23.7. The van der Waals surface area contributed by atoms with Crippen molar-refractivity contribution in [3.8, 4) is 5.75 Å². The zero-order chi connectivity index (χ0) is 20.3. The van der Waals surface area contributed by atoms with E-state index in [9.17, 15) is 0 Å². The highest BCUT2D eigenvalue weighted by molar-refractivity contribution is 14.0. The minimum absolute atomic E-state index is 0. The van der Waals surface area contributed by atoms with E-state index in [0.717, 1.165) is 37.8 Å². The van der Waals surface area contributed by atoms with Crippen molar-refractivity contribution >= 4 is 29.9 Å². The molecule has 160 valence electrons. The maximum Gasteiger partial charge on any atom is 0.191 e. The topological polar surface area (TPSA) is 63.5 Å². The molecule has 0 aliphatic heterocycles. The summed E-state index contributed by atoms with van der Waals surface area (Å²) in [4.78, 5) is 8.79. The van der Waals surface area contributed by atoms with E-state index in [4.69, 9.17) is 9.73 Å². The van der Waals surface area contributed by atoms with E-state index >= 15 is 0 Å². The van der Waals surface area contributed by atoms with Crippen molar-refractivity contribution < 1.29 is 4.74 Å². The van der Waals surface area contributed by atoms with Crippen LogP contribution in [-0.2, 0) is 19.5 Å². The molecule has 0 amide bonds. The summed E-state index contributed by atoms with van der Waals surface area (Å²) in [5, 5.41) is 6.71. The number of hydrogen-bond acceptors (Lipinski definition) is 3. The molecule has 3 rings (SSSR count). The van der Waals surface area contributed by atoms with Crippen LogP contribution < -0.4 is 15.4 Å². The van der Waals surface area contributed by atoms with E-state index in [0.29, 0.717) is 6.54 Å². The molecule has 1 aromatic heterocycles. The lowest BCUT2D eigenvalue weighted by molar-refractivity contribution is 0.409. The fourth-order valence-electron chi connectivity index (χ4n) is 3.08. The second-order valence-electron chi connectivity index (χ2n) is 6.74. The highest BCUT2D eigenvalue weighted by Crippen LogP contribution is 2.17. The summed E-state index contributed by atoms with van der Waals surface area (Å²) in [5.74, 6) is 1.75. The highest BCUT2D eigenvalue weighted by atomic mass is 127. The van der Waals surface area contributed by atoms with Gasteiger partial charge in [-0.3, -0.25) is 0 Å². The number of aromatic nitrogens is 2. The molecule has 0 unspecified atom stereocenters. The maximum absolute atomic E-state index is 5.42. The van der Waals surface area contributed by atoms with Gasteiger partial charge in [0.05, 0.1) is 20.0 Å². The van der Waals surface area contributed by atoms with Crippen LogP contribution in [0.4, 0.5) is 0 Å². The summed E-state index contributed by atoms with van der Waals surface area (Å²) in [5.41, 5.74) is 3.62. The predicted octanol–water partition coefficient (Wildman–Crippen LogP) is 3.86. The molecule has 6 nitrogen and oxygen atoms in total. The van der Waals surface area contributed by atoms with Gasteiger partial charge in [-0.25, -0.2) is 9.98 Å². The smallest absolute Gasteiger partial charge is 0.191 e. The Bertz CT molecular complexity index is 894. The average molecular weight is 519 g/mol. The van der Waals surface area contributed by atoms with Crippen LogP contribution in [0.25, 0.3) is 0 Å². The molecule has 0 saturated heterocycles. The number of rotatable bonds is 9. The summed E-state index contributed by atoms with van der Waals surface area (Å²) in [7, 11) is 1.71. The Kier molecular flexibility index (Phi) is 10.2. The van der Waals surface area contributed by atoms with Crippen LogP contribution in [0.3, 0.4) is 0 Å². The van der Waals surface area contributed by atoms with Crippen LogP contribution in [0.2, 0.25) is 0 Å². The summed E-state index contributed by atoms with van der Waals surface area (Å²) >= 11 is 0. The van der Waals surface area contributed by atoms with Crippen LogP contribution in [-0.4, -0.2) is 35.7 Å². The van der Waals surface area contributed by atoms with E-state index in [1.807, 2.05) is 30.7 Å². The third-order valence-corrected chi connectivity index (χ3v) is 4.59. The van der Waals surface area contributed by atoms with Crippen molar-refractivity contribution in [3.63, 3.8) is 0 Å². The van der Waals surface area contributed by atoms with Crippen LogP contribution in [0.5, 0.6) is 5.75 Å². The normalized spacial score (nSPS) is 10.9. The van der Waals surface area contributed by atoms with E-state index in [-0.39, 0.29) is 24.0 Å². The molecule has 0 fully saturated rings. The Morgan fingerprint density at radius 2 is 1.83 bits per heavy atom. The monoisotopic (exact) mass is 519 g/mol. The van der Waals surface area contributed by atoms with Gasteiger partial charge in [0.25, 0.3) is 0 Å². The van der Waals surface area contributed by atoms with Crippen LogP contribution in [0, 0.1) is 0 Å². The molecule has 0 bridgehead atoms. The van der Waals surface area contributed by atoms with Gasteiger partial charge < -0.3 is 19.9 Å². The van der Waals surface area contributed by atoms with Gasteiger partial charge in [0.2, 0.25) is 0 Å². The predicted molar refractivity (Wildman–Crippen MR) is 133 cm³/mol. The number of aliphatic imine (C=N–C) groups is 1. The molecule has 3 aromatic rings. The number of guanidine groups is 1. The summed E-state index contributed by atoms with van der Waals surface area (Å²) in [6, 6.07) is 16.7. The molecule has 0 radical (unpaired) electrons. The first-order chi connectivity index (χ1) is 14.3. The largest absolute Gasteiger partial charge is 0.496 e. The molecular weight excluding hydrogens is 489 g/mol. The fraction of sp³-hybridized carbons (Fsp3) is 0.304. The van der Waals surface area contributed by atoms with Gasteiger partial charge in [0.15, 0.2) is 5.96 Å². The Morgan fingerprint density at radius 1 is 1.07 bits per heavy atom.